The Morgan fingerprint density at radius 3 is 2.77 bits per heavy atom. The molecule has 1 rings (SSSR count). The molecule has 0 radical (unpaired) electrons. The van der Waals surface area contributed by atoms with Gasteiger partial charge in [-0.1, -0.05) is 0 Å². The van der Waals surface area contributed by atoms with Gasteiger partial charge in [0.2, 0.25) is 0 Å². The number of benzene rings is 1. The number of carbonyl (C=O) groups is 1. The summed E-state index contributed by atoms with van der Waals surface area (Å²) >= 11 is 3.00. The molecule has 0 fully saturated rings. The smallest absolute Gasteiger partial charge is 0.342 e. The summed E-state index contributed by atoms with van der Waals surface area (Å²) in [6.45, 7) is 0. The number of carbonyl (C=O) groups excluding carboxylic acids is 1. The van der Waals surface area contributed by atoms with E-state index in [4.69, 9.17) is 0 Å². The van der Waals surface area contributed by atoms with Gasteiger partial charge in [0.15, 0.2) is 11.6 Å². The second-order valence-electron chi connectivity index (χ2n) is 2.24. The zero-order valence-corrected chi connectivity index (χ0v) is 8.26. The van der Waals surface area contributed by atoms with Gasteiger partial charge in [-0.15, -0.1) is 0 Å². The first-order valence-electron chi connectivity index (χ1n) is 3.33. The Kier molecular flexibility index (Phi) is 2.87. The molecular formula is C8H6BrFO3. The molecule has 13 heavy (non-hydrogen) atoms. The van der Waals surface area contributed by atoms with Crippen LogP contribution in [0.1, 0.15) is 10.4 Å². The van der Waals surface area contributed by atoms with Crippen molar-refractivity contribution >= 4 is 21.9 Å². The van der Waals surface area contributed by atoms with Gasteiger partial charge in [0, 0.05) is 4.47 Å². The fourth-order valence-electron chi connectivity index (χ4n) is 0.837. The third-order valence-corrected chi connectivity index (χ3v) is 2.13. The highest BCUT2D eigenvalue weighted by Crippen LogP contribution is 2.29. The van der Waals surface area contributed by atoms with E-state index in [1.807, 2.05) is 0 Å². The molecule has 0 aliphatic carbocycles. The van der Waals surface area contributed by atoms with E-state index in [0.717, 1.165) is 13.2 Å². The van der Waals surface area contributed by atoms with Crippen LogP contribution in [0.3, 0.4) is 0 Å². The molecule has 1 aromatic rings. The summed E-state index contributed by atoms with van der Waals surface area (Å²) in [7, 11) is 1.15. The van der Waals surface area contributed by atoms with Crippen molar-refractivity contribution in [3.05, 3.63) is 28.0 Å². The van der Waals surface area contributed by atoms with Crippen molar-refractivity contribution in [1.29, 1.82) is 0 Å². The fraction of sp³-hybridized carbons (Fsp3) is 0.125. The first kappa shape index (κ1) is 9.98. The van der Waals surface area contributed by atoms with Gasteiger partial charge in [-0.25, -0.2) is 9.18 Å². The van der Waals surface area contributed by atoms with Crippen LogP contribution in [-0.2, 0) is 4.74 Å². The van der Waals surface area contributed by atoms with Gasteiger partial charge in [-0.05, 0) is 28.1 Å². The number of phenols is 1. The lowest BCUT2D eigenvalue weighted by Gasteiger charge is -2.04. The summed E-state index contributed by atoms with van der Waals surface area (Å²) in [5.41, 5.74) is -0.206. The summed E-state index contributed by atoms with van der Waals surface area (Å²) in [5.74, 6) is -2.35. The van der Waals surface area contributed by atoms with Gasteiger partial charge in [0.1, 0.15) is 5.56 Å². The maximum absolute atomic E-state index is 12.8. The highest BCUT2D eigenvalue weighted by atomic mass is 79.9. The lowest BCUT2D eigenvalue weighted by atomic mass is 10.2. The zero-order chi connectivity index (χ0) is 10.0. The molecule has 0 saturated heterocycles. The normalized spacial score (nSPS) is 9.77. The largest absolute Gasteiger partial charge is 0.504 e. The van der Waals surface area contributed by atoms with E-state index in [0.29, 0.717) is 4.47 Å². The number of halogens is 2. The molecule has 3 nitrogen and oxygen atoms in total. The number of methoxy groups -OCH3 is 1. The van der Waals surface area contributed by atoms with E-state index < -0.39 is 17.5 Å². The molecule has 0 aliphatic heterocycles. The minimum absolute atomic E-state index is 0.206. The average molecular weight is 249 g/mol. The van der Waals surface area contributed by atoms with Crippen LogP contribution in [0.2, 0.25) is 0 Å². The van der Waals surface area contributed by atoms with Gasteiger partial charge < -0.3 is 9.84 Å². The summed E-state index contributed by atoms with van der Waals surface area (Å²) in [5, 5.41) is 9.17. The standard InChI is InChI=1S/C8H6BrFO3/c1-13-8(12)6-4(9)2-3-5(10)7(6)11/h2-3,11H,1H3. The molecule has 0 atom stereocenters. The van der Waals surface area contributed by atoms with Crippen LogP contribution >= 0.6 is 15.9 Å². The predicted molar refractivity (Wildman–Crippen MR) is 47.1 cm³/mol. The zero-order valence-electron chi connectivity index (χ0n) is 6.67. The highest BCUT2D eigenvalue weighted by Gasteiger charge is 2.18. The van der Waals surface area contributed by atoms with E-state index in [9.17, 15) is 14.3 Å². The second kappa shape index (κ2) is 3.74. The Balaban J connectivity index is 3.33. The molecule has 5 heteroatoms. The molecule has 0 heterocycles. The van der Waals surface area contributed by atoms with Gasteiger partial charge in [0.25, 0.3) is 0 Å². The first-order chi connectivity index (χ1) is 6.07. The number of hydrogen-bond acceptors (Lipinski definition) is 3. The van der Waals surface area contributed by atoms with E-state index in [1.54, 1.807) is 0 Å². The monoisotopic (exact) mass is 248 g/mol. The van der Waals surface area contributed by atoms with E-state index in [2.05, 4.69) is 20.7 Å². The predicted octanol–water partition coefficient (Wildman–Crippen LogP) is 2.08. The number of aromatic hydroxyl groups is 1. The fourth-order valence-corrected chi connectivity index (χ4v) is 1.32. The van der Waals surface area contributed by atoms with Crippen molar-refractivity contribution in [3.8, 4) is 5.75 Å². The molecule has 0 saturated carbocycles. The van der Waals surface area contributed by atoms with Gasteiger partial charge in [0.05, 0.1) is 7.11 Å². The van der Waals surface area contributed by atoms with Crippen molar-refractivity contribution in [2.75, 3.05) is 7.11 Å². The van der Waals surface area contributed by atoms with Gasteiger partial charge >= 0.3 is 5.97 Å². The number of ether oxygens (including phenoxy) is 1. The Labute approximate surface area is 82.3 Å². The third kappa shape index (κ3) is 1.80. The molecule has 1 aromatic carbocycles. The number of esters is 1. The SMILES string of the molecule is COC(=O)c1c(Br)ccc(F)c1O. The number of hydrogen-bond donors (Lipinski definition) is 1. The molecule has 0 aliphatic rings. The van der Waals surface area contributed by atoms with E-state index in [1.165, 1.54) is 6.07 Å². The Hall–Kier alpha value is -1.10. The maximum atomic E-state index is 12.8. The quantitative estimate of drug-likeness (QED) is 0.775. The van der Waals surface area contributed by atoms with Crippen LogP contribution in [0.15, 0.2) is 16.6 Å². The van der Waals surface area contributed by atoms with Crippen molar-refractivity contribution in [2.45, 2.75) is 0 Å². The minimum atomic E-state index is -0.858. The number of rotatable bonds is 1. The topological polar surface area (TPSA) is 46.5 Å². The van der Waals surface area contributed by atoms with Crippen molar-refractivity contribution in [3.63, 3.8) is 0 Å². The van der Waals surface area contributed by atoms with Crippen molar-refractivity contribution < 1.29 is 19.0 Å². The highest BCUT2D eigenvalue weighted by molar-refractivity contribution is 9.10. The molecule has 0 spiro atoms. The van der Waals surface area contributed by atoms with Gasteiger partial charge in [-0.3, -0.25) is 0 Å². The van der Waals surface area contributed by atoms with Gasteiger partial charge in [-0.2, -0.15) is 0 Å². The second-order valence-corrected chi connectivity index (χ2v) is 3.10. The Morgan fingerprint density at radius 2 is 2.23 bits per heavy atom. The lowest BCUT2D eigenvalue weighted by Crippen LogP contribution is -2.03. The van der Waals surface area contributed by atoms with Crippen LogP contribution < -0.4 is 0 Å². The maximum Gasteiger partial charge on any atom is 0.342 e. The molecule has 0 unspecified atom stereocenters. The van der Waals surface area contributed by atoms with Crippen molar-refractivity contribution in [2.24, 2.45) is 0 Å². The molecule has 1 N–H and O–H groups in total. The molecule has 0 amide bonds. The van der Waals surface area contributed by atoms with E-state index >= 15 is 0 Å². The summed E-state index contributed by atoms with van der Waals surface area (Å²) < 4.78 is 17.4. The Morgan fingerprint density at radius 1 is 1.62 bits per heavy atom. The minimum Gasteiger partial charge on any atom is -0.504 e. The summed E-state index contributed by atoms with van der Waals surface area (Å²) in [4.78, 5) is 11.0. The average Bonchev–Trinajstić information content (AvgIpc) is 2.12. The van der Waals surface area contributed by atoms with Crippen molar-refractivity contribution in [1.82, 2.24) is 0 Å². The molecule has 70 valence electrons. The summed E-state index contributed by atoms with van der Waals surface area (Å²) in [6.07, 6.45) is 0. The summed E-state index contributed by atoms with van der Waals surface area (Å²) in [6, 6.07) is 2.37. The third-order valence-electron chi connectivity index (χ3n) is 1.47. The van der Waals surface area contributed by atoms with E-state index in [-0.39, 0.29) is 5.56 Å². The molecule has 0 bridgehead atoms. The molecular weight excluding hydrogens is 243 g/mol. The number of phenolic OH excluding ortho intramolecular Hbond substituents is 1. The Bertz CT molecular complexity index is 351. The van der Waals surface area contributed by atoms with Crippen LogP contribution in [-0.4, -0.2) is 18.2 Å². The van der Waals surface area contributed by atoms with Crippen LogP contribution in [0.4, 0.5) is 4.39 Å². The van der Waals surface area contributed by atoms with Crippen LogP contribution in [0, 0.1) is 5.82 Å². The first-order valence-corrected chi connectivity index (χ1v) is 4.12. The van der Waals surface area contributed by atoms with Crippen LogP contribution in [0.25, 0.3) is 0 Å². The molecule has 0 aromatic heterocycles. The lowest BCUT2D eigenvalue weighted by molar-refractivity contribution is 0.0595. The van der Waals surface area contributed by atoms with Crippen LogP contribution in [0.5, 0.6) is 5.75 Å².